The Balaban J connectivity index is 1.14. The molecule has 50 heavy (non-hydrogen) atoms. The van der Waals surface area contributed by atoms with E-state index in [1.807, 2.05) is 36.5 Å². The maximum Gasteiger partial charge on any atom is 0.138 e. The van der Waals surface area contributed by atoms with E-state index in [1.54, 1.807) is 0 Å². The van der Waals surface area contributed by atoms with Crippen molar-refractivity contribution in [3.05, 3.63) is 175 Å². The lowest BCUT2D eigenvalue weighted by molar-refractivity contribution is 0.641. The number of anilines is 3. The summed E-state index contributed by atoms with van der Waals surface area (Å²) in [5.41, 5.74) is 11.3. The first-order valence-electron chi connectivity index (χ1n) is 18.6. The van der Waals surface area contributed by atoms with E-state index in [2.05, 4.69) is 151 Å². The molecule has 8 aromatic rings. The molecule has 0 saturated carbocycles. The molecule has 0 aliphatic carbocycles. The van der Waals surface area contributed by atoms with Gasteiger partial charge < -0.3 is 9.80 Å². The summed E-state index contributed by atoms with van der Waals surface area (Å²) in [5.74, 6) is 0.861. The second-order valence-corrected chi connectivity index (χ2v) is 13.6. The minimum atomic E-state index is -2.24. The maximum atomic E-state index is 8.18. The number of fused-ring (bicyclic) bond motifs is 4. The van der Waals surface area contributed by atoms with Gasteiger partial charge in [0.2, 0.25) is 0 Å². The molecule has 0 fully saturated rings. The van der Waals surface area contributed by atoms with Crippen molar-refractivity contribution >= 4 is 38.9 Å². The van der Waals surface area contributed by atoms with Crippen LogP contribution in [-0.2, 0) is 5.41 Å². The van der Waals surface area contributed by atoms with Gasteiger partial charge in [0.25, 0.3) is 0 Å². The Morgan fingerprint density at radius 1 is 0.580 bits per heavy atom. The number of para-hydroxylation sites is 3. The predicted octanol–water partition coefficient (Wildman–Crippen LogP) is 11.4. The predicted molar refractivity (Wildman–Crippen MR) is 210 cm³/mol. The Labute approximate surface area is 297 Å². The van der Waals surface area contributed by atoms with Crippen LogP contribution in [0.15, 0.2) is 164 Å². The molecular weight excluding hydrogens is 609 g/mol. The summed E-state index contributed by atoms with van der Waals surface area (Å²) in [6.45, 7) is 2.53. The van der Waals surface area contributed by atoms with Gasteiger partial charge in [-0.3, -0.25) is 4.57 Å². The Morgan fingerprint density at radius 3 is 2.12 bits per heavy atom. The maximum absolute atomic E-state index is 8.18. The molecule has 4 nitrogen and oxygen atoms in total. The molecule has 0 amide bonds. The third-order valence-electron chi connectivity index (χ3n) is 10.3. The monoisotopic (exact) mass is 649 g/mol. The molecule has 242 valence electrons. The van der Waals surface area contributed by atoms with Crippen molar-refractivity contribution in [1.82, 2.24) is 9.55 Å². The highest BCUT2D eigenvalue weighted by Gasteiger charge is 2.28. The minimum absolute atomic E-state index is 0.258. The van der Waals surface area contributed by atoms with Crippen LogP contribution in [0, 0.1) is 0 Å². The molecule has 1 aliphatic rings. The minimum Gasteiger partial charge on any atom is -0.355 e. The van der Waals surface area contributed by atoms with Crippen molar-refractivity contribution in [3.8, 4) is 28.1 Å². The molecule has 2 aromatic heterocycles. The molecular formula is C46H38N4. The van der Waals surface area contributed by atoms with Gasteiger partial charge in [-0.25, -0.2) is 4.98 Å². The molecule has 0 radical (unpaired) electrons. The number of hydrogen-bond acceptors (Lipinski definition) is 3. The fourth-order valence-corrected chi connectivity index (χ4v) is 7.58. The lowest BCUT2D eigenvalue weighted by atomic mass is 9.77. The smallest absolute Gasteiger partial charge is 0.138 e. The standard InChI is InChI=1S/C46H38N4/c1-46(2,34-16-13-17-36(29-34)49-31-48(3)42-22-11-12-23-43(42)49)35-24-25-40-39-20-9-10-21-41(39)50(44(40)30-35)45-28-33(26-27-47-45)38-19-8-7-18-37(38)32-14-5-4-6-15-32/h4-30H,31H2,1-3H3/i3D3. The molecule has 3 heterocycles. The van der Waals surface area contributed by atoms with Gasteiger partial charge in [-0.1, -0.05) is 123 Å². The molecule has 4 heteroatoms. The highest BCUT2D eigenvalue weighted by Crippen LogP contribution is 2.43. The van der Waals surface area contributed by atoms with Gasteiger partial charge in [0.05, 0.1) is 29.1 Å². The highest BCUT2D eigenvalue weighted by molar-refractivity contribution is 6.09. The van der Waals surface area contributed by atoms with Gasteiger partial charge in [0, 0.05) is 39.2 Å². The molecule has 9 rings (SSSR count). The van der Waals surface area contributed by atoms with Gasteiger partial charge >= 0.3 is 0 Å². The first-order valence-corrected chi connectivity index (χ1v) is 17.1. The Kier molecular flexibility index (Phi) is 6.31. The summed E-state index contributed by atoms with van der Waals surface area (Å²) in [4.78, 5) is 8.56. The van der Waals surface area contributed by atoms with Crippen LogP contribution >= 0.6 is 0 Å². The summed E-state index contributed by atoms with van der Waals surface area (Å²) < 4.78 is 26.8. The van der Waals surface area contributed by atoms with Gasteiger partial charge in [0.1, 0.15) is 5.82 Å². The van der Waals surface area contributed by atoms with Gasteiger partial charge in [-0.15, -0.1) is 0 Å². The van der Waals surface area contributed by atoms with E-state index in [4.69, 9.17) is 9.10 Å². The summed E-state index contributed by atoms with van der Waals surface area (Å²) in [6, 6.07) is 55.0. The molecule has 1 aliphatic heterocycles. The van der Waals surface area contributed by atoms with E-state index < -0.39 is 6.98 Å². The van der Waals surface area contributed by atoms with Crippen molar-refractivity contribution in [2.75, 3.05) is 23.4 Å². The van der Waals surface area contributed by atoms with E-state index in [0.29, 0.717) is 0 Å². The van der Waals surface area contributed by atoms with Crippen LogP contribution in [0.1, 0.15) is 29.1 Å². The number of rotatable bonds is 6. The molecule has 0 atom stereocenters. The van der Waals surface area contributed by atoms with Gasteiger partial charge in [-0.2, -0.15) is 0 Å². The zero-order valence-electron chi connectivity index (χ0n) is 31.1. The van der Waals surface area contributed by atoms with Crippen LogP contribution in [0.5, 0.6) is 0 Å². The van der Waals surface area contributed by atoms with Gasteiger partial charge in [0.15, 0.2) is 0 Å². The van der Waals surface area contributed by atoms with Gasteiger partial charge in [-0.05, 0) is 81.9 Å². The Morgan fingerprint density at radius 2 is 1.28 bits per heavy atom. The first kappa shape index (κ1) is 26.8. The quantitative estimate of drug-likeness (QED) is 0.179. The van der Waals surface area contributed by atoms with E-state index in [-0.39, 0.29) is 12.1 Å². The van der Waals surface area contributed by atoms with Crippen molar-refractivity contribution in [1.29, 1.82) is 0 Å². The van der Waals surface area contributed by atoms with Crippen LogP contribution in [0.4, 0.5) is 17.1 Å². The lowest BCUT2D eigenvalue weighted by Gasteiger charge is -2.28. The highest BCUT2D eigenvalue weighted by atomic mass is 15.4. The Bertz CT molecular complexity index is 2640. The van der Waals surface area contributed by atoms with Crippen molar-refractivity contribution in [3.63, 3.8) is 0 Å². The number of hydrogen-bond donors (Lipinski definition) is 0. The molecule has 0 bridgehead atoms. The van der Waals surface area contributed by atoms with Crippen LogP contribution < -0.4 is 9.80 Å². The molecule has 0 saturated heterocycles. The molecule has 0 spiro atoms. The molecule has 0 N–H and O–H groups in total. The van der Waals surface area contributed by atoms with E-state index in [9.17, 15) is 0 Å². The lowest BCUT2D eigenvalue weighted by Crippen LogP contribution is -2.25. The normalized spacial score (nSPS) is 14.1. The number of benzene rings is 6. The fraction of sp³-hybridized carbons (Fsp3) is 0.109. The first-order chi connectivity index (χ1) is 25.7. The van der Waals surface area contributed by atoms with E-state index in [0.717, 1.165) is 50.6 Å². The average Bonchev–Trinajstić information content (AvgIpc) is 3.75. The van der Waals surface area contributed by atoms with Crippen molar-refractivity contribution in [2.24, 2.45) is 0 Å². The van der Waals surface area contributed by atoms with E-state index >= 15 is 0 Å². The largest absolute Gasteiger partial charge is 0.355 e. The third kappa shape index (κ3) is 4.87. The zero-order valence-corrected chi connectivity index (χ0v) is 28.1. The SMILES string of the molecule is [2H]C([2H])([2H])N1CN(c2cccc(C(C)(C)c3ccc4c5ccccc5n(-c5cc(-c6ccccc6-c6ccccc6)ccn5)c4c3)c2)c2ccccc21. The van der Waals surface area contributed by atoms with Crippen LogP contribution in [0.3, 0.4) is 0 Å². The average molecular weight is 650 g/mol. The van der Waals surface area contributed by atoms with Crippen LogP contribution in [0.25, 0.3) is 49.9 Å². The number of nitrogens with zero attached hydrogens (tertiary/aromatic N) is 4. The van der Waals surface area contributed by atoms with Crippen LogP contribution in [-0.4, -0.2) is 23.2 Å². The topological polar surface area (TPSA) is 24.3 Å². The van der Waals surface area contributed by atoms with Crippen molar-refractivity contribution < 1.29 is 4.11 Å². The molecule has 0 unspecified atom stereocenters. The Hall–Kier alpha value is -6.13. The summed E-state index contributed by atoms with van der Waals surface area (Å²) in [6.07, 6.45) is 1.91. The molecule has 6 aromatic carbocycles. The second kappa shape index (κ2) is 11.8. The van der Waals surface area contributed by atoms with Crippen LogP contribution in [0.2, 0.25) is 0 Å². The van der Waals surface area contributed by atoms with Crippen molar-refractivity contribution in [2.45, 2.75) is 19.3 Å². The van der Waals surface area contributed by atoms with E-state index in [1.165, 1.54) is 32.4 Å². The zero-order chi connectivity index (χ0) is 36.3. The fourth-order valence-electron chi connectivity index (χ4n) is 7.58. The summed E-state index contributed by atoms with van der Waals surface area (Å²) in [5, 5.41) is 2.35. The second-order valence-electron chi connectivity index (χ2n) is 13.6. The summed E-state index contributed by atoms with van der Waals surface area (Å²) in [7, 11) is 0. The number of pyridine rings is 1. The third-order valence-corrected chi connectivity index (χ3v) is 10.3. The number of aromatic nitrogens is 2. The summed E-state index contributed by atoms with van der Waals surface area (Å²) >= 11 is 0.